The molecule has 4 aromatic rings. The number of hydrogen-bond donors (Lipinski definition) is 2. The number of fused-ring (bicyclic) bond motifs is 1. The van der Waals surface area contributed by atoms with Crippen molar-refractivity contribution < 1.29 is 41.0 Å². The molecule has 36 heavy (non-hydrogen) atoms. The second-order valence-corrected chi connectivity index (χ2v) is 7.59. The monoisotopic (exact) mass is 508 g/mol. The normalized spacial score (nSPS) is 12.1. The SMILES string of the molecule is O=C(O)c1ccc(CNC(=O)c2cc3nc(-c4ccc(F)cc4)cc(C(F)(F)C(F)(F)F)n3n2)cc1. The topological polar surface area (TPSA) is 96.6 Å². The summed E-state index contributed by atoms with van der Waals surface area (Å²) in [5, 5.41) is 15.0. The molecule has 0 unspecified atom stereocenters. The fourth-order valence-corrected chi connectivity index (χ4v) is 3.26. The molecular weight excluding hydrogens is 494 g/mol. The van der Waals surface area contributed by atoms with E-state index in [1.807, 2.05) is 0 Å². The van der Waals surface area contributed by atoms with E-state index >= 15 is 0 Å². The fraction of sp³-hybridized carbons (Fsp3) is 0.130. The third kappa shape index (κ3) is 4.72. The van der Waals surface area contributed by atoms with Gasteiger partial charge in [-0.25, -0.2) is 18.7 Å². The summed E-state index contributed by atoms with van der Waals surface area (Å²) in [5.41, 5.74) is -2.26. The molecule has 0 spiro atoms. The Bertz CT molecular complexity index is 1450. The van der Waals surface area contributed by atoms with Gasteiger partial charge in [0, 0.05) is 18.2 Å². The summed E-state index contributed by atoms with van der Waals surface area (Å²) in [6.07, 6.45) is -5.97. The average molecular weight is 508 g/mol. The molecule has 0 aliphatic heterocycles. The second kappa shape index (κ2) is 8.98. The van der Waals surface area contributed by atoms with Gasteiger partial charge in [0.2, 0.25) is 0 Å². The van der Waals surface area contributed by atoms with Crippen LogP contribution in [-0.2, 0) is 12.5 Å². The first kappa shape index (κ1) is 24.7. The van der Waals surface area contributed by atoms with Gasteiger partial charge in [0.25, 0.3) is 5.91 Å². The molecule has 0 radical (unpaired) electrons. The maximum absolute atomic E-state index is 14.4. The largest absolute Gasteiger partial charge is 0.478 e. The Labute approximate surface area is 198 Å². The van der Waals surface area contributed by atoms with Crippen molar-refractivity contribution in [2.24, 2.45) is 0 Å². The van der Waals surface area contributed by atoms with Crippen molar-refractivity contribution in [3.05, 3.63) is 89.0 Å². The van der Waals surface area contributed by atoms with Gasteiger partial charge in [0.1, 0.15) is 11.5 Å². The van der Waals surface area contributed by atoms with Crippen molar-refractivity contribution in [1.82, 2.24) is 19.9 Å². The van der Waals surface area contributed by atoms with Gasteiger partial charge in [-0.05, 0) is 48.0 Å². The number of amides is 1. The summed E-state index contributed by atoms with van der Waals surface area (Å²) in [6.45, 7) is -0.105. The first-order valence-corrected chi connectivity index (χ1v) is 10.1. The lowest BCUT2D eigenvalue weighted by Gasteiger charge is -2.21. The number of halogens is 6. The summed E-state index contributed by atoms with van der Waals surface area (Å²) >= 11 is 0. The van der Waals surface area contributed by atoms with Gasteiger partial charge in [0.15, 0.2) is 11.3 Å². The van der Waals surface area contributed by atoms with Gasteiger partial charge in [-0.2, -0.15) is 27.1 Å². The molecule has 7 nitrogen and oxygen atoms in total. The third-order valence-electron chi connectivity index (χ3n) is 5.13. The number of hydrogen-bond acceptors (Lipinski definition) is 4. The van der Waals surface area contributed by atoms with Crippen LogP contribution < -0.4 is 5.32 Å². The van der Waals surface area contributed by atoms with Crippen LogP contribution in [0.5, 0.6) is 0 Å². The maximum Gasteiger partial charge on any atom is 0.459 e. The van der Waals surface area contributed by atoms with Gasteiger partial charge in [-0.15, -0.1) is 0 Å². The molecule has 2 heterocycles. The molecule has 2 N–H and O–H groups in total. The predicted molar refractivity (Wildman–Crippen MR) is 113 cm³/mol. The van der Waals surface area contributed by atoms with Gasteiger partial charge in [0.05, 0.1) is 11.3 Å². The van der Waals surface area contributed by atoms with Gasteiger partial charge >= 0.3 is 18.1 Å². The van der Waals surface area contributed by atoms with E-state index in [4.69, 9.17) is 5.11 Å². The number of aromatic carboxylic acids is 1. The van der Waals surface area contributed by atoms with Crippen molar-refractivity contribution in [2.45, 2.75) is 18.6 Å². The molecule has 2 aromatic heterocycles. The highest BCUT2D eigenvalue weighted by Crippen LogP contribution is 2.44. The number of aromatic nitrogens is 3. The maximum atomic E-state index is 14.4. The number of carbonyl (C=O) groups excluding carboxylic acids is 1. The number of carboxylic acid groups (broad SMARTS) is 1. The minimum absolute atomic E-state index is 0.0200. The Morgan fingerprint density at radius 1 is 0.944 bits per heavy atom. The molecule has 0 atom stereocenters. The summed E-state index contributed by atoms with van der Waals surface area (Å²) < 4.78 is 81.9. The number of nitrogens with zero attached hydrogens (tertiary/aromatic N) is 3. The molecule has 0 saturated heterocycles. The first-order valence-electron chi connectivity index (χ1n) is 10.1. The van der Waals surface area contributed by atoms with Crippen LogP contribution in [0.25, 0.3) is 16.9 Å². The van der Waals surface area contributed by atoms with E-state index in [0.717, 1.165) is 30.3 Å². The number of alkyl halides is 5. The van der Waals surface area contributed by atoms with E-state index in [0.29, 0.717) is 11.6 Å². The molecule has 1 amide bonds. The lowest BCUT2D eigenvalue weighted by Crippen LogP contribution is -2.36. The highest BCUT2D eigenvalue weighted by Gasteiger charge is 2.60. The number of carbonyl (C=O) groups is 2. The van der Waals surface area contributed by atoms with E-state index in [1.165, 1.54) is 24.3 Å². The molecule has 4 rings (SSSR count). The minimum Gasteiger partial charge on any atom is -0.478 e. The lowest BCUT2D eigenvalue weighted by molar-refractivity contribution is -0.291. The number of carboxylic acids is 1. The fourth-order valence-electron chi connectivity index (χ4n) is 3.26. The van der Waals surface area contributed by atoms with Gasteiger partial charge < -0.3 is 10.4 Å². The van der Waals surface area contributed by atoms with Crippen molar-refractivity contribution in [1.29, 1.82) is 0 Å². The smallest absolute Gasteiger partial charge is 0.459 e. The second-order valence-electron chi connectivity index (χ2n) is 7.59. The van der Waals surface area contributed by atoms with Crippen molar-refractivity contribution in [3.8, 4) is 11.3 Å². The summed E-state index contributed by atoms with van der Waals surface area (Å²) in [5.74, 6) is -8.04. The zero-order valence-corrected chi connectivity index (χ0v) is 17.9. The van der Waals surface area contributed by atoms with Crippen LogP contribution in [0, 0.1) is 5.82 Å². The molecule has 0 aliphatic carbocycles. The van der Waals surface area contributed by atoms with Crippen LogP contribution in [0.15, 0.2) is 60.7 Å². The van der Waals surface area contributed by atoms with Crippen LogP contribution in [0.1, 0.15) is 32.1 Å². The zero-order valence-electron chi connectivity index (χ0n) is 17.9. The zero-order chi connectivity index (χ0) is 26.3. The van der Waals surface area contributed by atoms with Crippen molar-refractivity contribution in [2.75, 3.05) is 0 Å². The third-order valence-corrected chi connectivity index (χ3v) is 5.13. The van der Waals surface area contributed by atoms with Crippen molar-refractivity contribution in [3.63, 3.8) is 0 Å². The lowest BCUT2D eigenvalue weighted by atomic mass is 10.1. The Balaban J connectivity index is 1.71. The van der Waals surface area contributed by atoms with E-state index in [9.17, 15) is 35.9 Å². The Morgan fingerprint density at radius 2 is 1.58 bits per heavy atom. The van der Waals surface area contributed by atoms with Gasteiger partial charge in [-0.3, -0.25) is 4.79 Å². The molecular formula is C23H14F6N4O3. The highest BCUT2D eigenvalue weighted by atomic mass is 19.4. The minimum atomic E-state index is -5.97. The molecule has 13 heteroatoms. The van der Waals surface area contributed by atoms with Crippen LogP contribution in [-0.4, -0.2) is 37.8 Å². The Kier molecular flexibility index (Phi) is 6.16. The molecule has 0 fully saturated rings. The van der Waals surface area contributed by atoms with E-state index in [1.54, 1.807) is 0 Å². The quantitative estimate of drug-likeness (QED) is 0.364. The molecule has 0 bridgehead atoms. The summed E-state index contributed by atoms with van der Waals surface area (Å²) in [6, 6.07) is 11.2. The molecule has 0 saturated carbocycles. The van der Waals surface area contributed by atoms with E-state index < -0.39 is 46.8 Å². The molecule has 2 aromatic carbocycles. The highest BCUT2D eigenvalue weighted by molar-refractivity contribution is 5.93. The Morgan fingerprint density at radius 3 is 2.17 bits per heavy atom. The first-order chi connectivity index (χ1) is 16.9. The Hall–Kier alpha value is -4.42. The van der Waals surface area contributed by atoms with Crippen LogP contribution in [0.3, 0.4) is 0 Å². The average Bonchev–Trinajstić information content (AvgIpc) is 3.26. The molecule has 186 valence electrons. The number of rotatable bonds is 6. The standard InChI is InChI=1S/C23H14F6N4O3/c24-15-7-5-13(6-8-15)16-9-18(22(25,26)23(27,28)29)33-19(31-16)10-17(32-33)20(34)30-11-12-1-3-14(4-2-12)21(35)36/h1-10H,11H2,(H,30,34)(H,35,36). The van der Waals surface area contributed by atoms with E-state index in [2.05, 4.69) is 15.4 Å². The van der Waals surface area contributed by atoms with E-state index in [-0.39, 0.29) is 27.9 Å². The van der Waals surface area contributed by atoms with Crippen LogP contribution >= 0.6 is 0 Å². The predicted octanol–water partition coefficient (Wildman–Crippen LogP) is 4.82. The summed E-state index contributed by atoms with van der Waals surface area (Å²) in [7, 11) is 0. The van der Waals surface area contributed by atoms with Crippen molar-refractivity contribution >= 4 is 17.5 Å². The number of nitrogens with one attached hydrogen (secondary N) is 1. The van der Waals surface area contributed by atoms with Crippen LogP contribution in [0.4, 0.5) is 26.3 Å². The van der Waals surface area contributed by atoms with Gasteiger partial charge in [-0.1, -0.05) is 12.1 Å². The number of benzene rings is 2. The summed E-state index contributed by atoms with van der Waals surface area (Å²) in [4.78, 5) is 27.5. The van der Waals surface area contributed by atoms with Crippen LogP contribution in [0.2, 0.25) is 0 Å². The molecule has 0 aliphatic rings.